The lowest BCUT2D eigenvalue weighted by atomic mass is 10.1. The van der Waals surface area contributed by atoms with Crippen molar-refractivity contribution >= 4 is 22.6 Å². The highest BCUT2D eigenvalue weighted by Gasteiger charge is 2.25. The molecular weight excluding hydrogens is 390 g/mol. The molecule has 0 aliphatic carbocycles. The van der Waals surface area contributed by atoms with Crippen molar-refractivity contribution in [2.45, 2.75) is 26.1 Å². The Labute approximate surface area is 174 Å². The summed E-state index contributed by atoms with van der Waals surface area (Å²) in [4.78, 5) is 14.3. The highest BCUT2D eigenvalue weighted by Crippen LogP contribution is 2.24. The van der Waals surface area contributed by atoms with Crippen LogP contribution in [0, 0.1) is 0 Å². The summed E-state index contributed by atoms with van der Waals surface area (Å²) < 4.78 is 17.4. The van der Waals surface area contributed by atoms with Crippen LogP contribution in [-0.2, 0) is 4.74 Å². The van der Waals surface area contributed by atoms with E-state index >= 15 is 0 Å². The maximum absolute atomic E-state index is 12.9. The number of fused-ring (bicyclic) bond motifs is 1. The van der Waals surface area contributed by atoms with Gasteiger partial charge >= 0.3 is 0 Å². The van der Waals surface area contributed by atoms with Crippen LogP contribution in [0.5, 0.6) is 5.75 Å². The number of rotatable bonds is 5. The molecule has 3 aromatic rings. The average molecular weight is 415 g/mol. The number of morpholine rings is 1. The molecule has 2 heterocycles. The third-order valence-corrected chi connectivity index (χ3v) is 5.49. The lowest BCUT2D eigenvalue weighted by molar-refractivity contribution is -0.915. The van der Waals surface area contributed by atoms with E-state index in [0.29, 0.717) is 33.9 Å². The van der Waals surface area contributed by atoms with Crippen LogP contribution in [0.15, 0.2) is 57.9 Å². The second kappa shape index (κ2) is 8.57. The molecule has 1 aliphatic rings. The van der Waals surface area contributed by atoms with E-state index in [1.807, 2.05) is 18.2 Å². The number of ether oxygens (including phenoxy) is 2. The van der Waals surface area contributed by atoms with Gasteiger partial charge in [-0.3, -0.25) is 4.79 Å². The number of hydrogen-bond acceptors (Lipinski definition) is 4. The molecule has 0 saturated carbocycles. The molecule has 1 N–H and O–H groups in total. The van der Waals surface area contributed by atoms with Gasteiger partial charge in [-0.25, -0.2) is 0 Å². The van der Waals surface area contributed by atoms with Crippen molar-refractivity contribution in [2.75, 3.05) is 26.2 Å². The van der Waals surface area contributed by atoms with Gasteiger partial charge in [0, 0.05) is 11.1 Å². The van der Waals surface area contributed by atoms with E-state index in [0.717, 1.165) is 25.2 Å². The van der Waals surface area contributed by atoms with Crippen LogP contribution in [0.2, 0.25) is 5.02 Å². The zero-order chi connectivity index (χ0) is 20.4. The minimum Gasteiger partial charge on any atom is -0.488 e. The Morgan fingerprint density at radius 3 is 2.55 bits per heavy atom. The molecule has 0 bridgehead atoms. The van der Waals surface area contributed by atoms with Crippen molar-refractivity contribution in [3.05, 3.63) is 64.0 Å². The van der Waals surface area contributed by atoms with Gasteiger partial charge in [0.1, 0.15) is 56.0 Å². The van der Waals surface area contributed by atoms with E-state index in [4.69, 9.17) is 25.5 Å². The molecular formula is C23H25ClNO4+. The molecule has 6 heteroatoms. The summed E-state index contributed by atoms with van der Waals surface area (Å²) in [5, 5.41) is 1.16. The first-order valence-electron chi connectivity index (χ1n) is 9.93. The van der Waals surface area contributed by atoms with E-state index in [2.05, 4.69) is 13.8 Å². The Hall–Kier alpha value is -2.34. The maximum Gasteiger partial charge on any atom is 0.200 e. The summed E-state index contributed by atoms with van der Waals surface area (Å²) in [6.45, 7) is 7.73. The van der Waals surface area contributed by atoms with Crippen molar-refractivity contribution in [1.82, 2.24) is 0 Å². The number of hydrogen-bond donors (Lipinski definition) is 1. The van der Waals surface area contributed by atoms with Gasteiger partial charge in [0.15, 0.2) is 5.43 Å². The molecule has 152 valence electrons. The number of quaternary nitrogens is 1. The van der Waals surface area contributed by atoms with Gasteiger partial charge in [-0.05, 0) is 43.7 Å². The Balaban J connectivity index is 1.46. The van der Waals surface area contributed by atoms with Crippen molar-refractivity contribution in [1.29, 1.82) is 0 Å². The van der Waals surface area contributed by atoms with E-state index in [-0.39, 0.29) is 17.6 Å². The summed E-state index contributed by atoms with van der Waals surface area (Å²) in [6.07, 6.45) is 2.05. The molecule has 29 heavy (non-hydrogen) atoms. The van der Waals surface area contributed by atoms with Crippen LogP contribution in [0.25, 0.3) is 22.1 Å². The monoisotopic (exact) mass is 414 g/mol. The Morgan fingerprint density at radius 2 is 1.83 bits per heavy atom. The molecule has 0 radical (unpaired) electrons. The van der Waals surface area contributed by atoms with Crippen LogP contribution in [-0.4, -0.2) is 38.4 Å². The molecule has 1 unspecified atom stereocenters. The quantitative estimate of drug-likeness (QED) is 0.696. The van der Waals surface area contributed by atoms with Crippen LogP contribution in [0.1, 0.15) is 13.8 Å². The summed E-state index contributed by atoms with van der Waals surface area (Å²) in [5.74, 6) is 0.702. The smallest absolute Gasteiger partial charge is 0.200 e. The van der Waals surface area contributed by atoms with Crippen molar-refractivity contribution < 1.29 is 18.8 Å². The third kappa shape index (κ3) is 4.64. The van der Waals surface area contributed by atoms with Crippen LogP contribution in [0.3, 0.4) is 0 Å². The Morgan fingerprint density at radius 1 is 1.10 bits per heavy atom. The van der Waals surface area contributed by atoms with E-state index in [1.165, 1.54) is 11.2 Å². The molecule has 1 saturated heterocycles. The van der Waals surface area contributed by atoms with E-state index in [1.54, 1.807) is 24.3 Å². The molecule has 1 fully saturated rings. The number of nitrogens with one attached hydrogen (secondary N) is 1. The first kappa shape index (κ1) is 20.0. The van der Waals surface area contributed by atoms with Crippen LogP contribution >= 0.6 is 11.6 Å². The predicted octanol–water partition coefficient (Wildman–Crippen LogP) is 3.18. The van der Waals surface area contributed by atoms with E-state index in [9.17, 15) is 4.79 Å². The molecule has 0 spiro atoms. The standard InChI is InChI=1S/C23H24ClNO4/c1-15-12-25(13-16(2)29-15)9-10-27-19-7-8-20-22(11-19)28-14-21(23(20)26)17-3-5-18(24)6-4-17/h3-8,11,14-16H,9-10,12-13H2,1-2H3/p+1/t15-,16+. The van der Waals surface area contributed by atoms with Crippen molar-refractivity contribution in [3.8, 4) is 16.9 Å². The van der Waals surface area contributed by atoms with Gasteiger partial charge < -0.3 is 18.8 Å². The largest absolute Gasteiger partial charge is 0.488 e. The fourth-order valence-corrected chi connectivity index (χ4v) is 4.06. The fraction of sp³-hybridized carbons (Fsp3) is 0.348. The van der Waals surface area contributed by atoms with Gasteiger partial charge in [-0.15, -0.1) is 0 Å². The third-order valence-electron chi connectivity index (χ3n) is 5.24. The van der Waals surface area contributed by atoms with E-state index < -0.39 is 0 Å². The molecule has 0 amide bonds. The molecule has 1 aromatic heterocycles. The molecule has 1 aliphatic heterocycles. The molecule has 5 nitrogen and oxygen atoms in total. The normalized spacial score (nSPS) is 22.0. The number of halogens is 1. The minimum absolute atomic E-state index is 0.0686. The van der Waals surface area contributed by atoms with Gasteiger partial charge in [-0.2, -0.15) is 0 Å². The van der Waals surface area contributed by atoms with Crippen molar-refractivity contribution in [3.63, 3.8) is 0 Å². The Kier molecular flexibility index (Phi) is 5.90. The van der Waals surface area contributed by atoms with Gasteiger partial charge in [-0.1, -0.05) is 23.7 Å². The fourth-order valence-electron chi connectivity index (χ4n) is 3.93. The summed E-state index contributed by atoms with van der Waals surface area (Å²) in [7, 11) is 0. The van der Waals surface area contributed by atoms with Crippen LogP contribution in [0.4, 0.5) is 0 Å². The van der Waals surface area contributed by atoms with Gasteiger partial charge in [0.05, 0.1) is 10.9 Å². The average Bonchev–Trinajstić information content (AvgIpc) is 2.68. The molecule has 3 atom stereocenters. The SMILES string of the molecule is C[C@@H]1C[NH+](CCOc2ccc3c(=O)c(-c4ccc(Cl)cc4)coc3c2)C[C@H](C)O1. The zero-order valence-electron chi connectivity index (χ0n) is 16.6. The predicted molar refractivity (Wildman–Crippen MR) is 114 cm³/mol. The topological polar surface area (TPSA) is 53.1 Å². The Bertz CT molecular complexity index is 1040. The molecule has 2 aromatic carbocycles. The summed E-state index contributed by atoms with van der Waals surface area (Å²) in [6, 6.07) is 12.5. The lowest BCUT2D eigenvalue weighted by Gasteiger charge is -2.32. The second-order valence-electron chi connectivity index (χ2n) is 7.66. The second-order valence-corrected chi connectivity index (χ2v) is 8.09. The van der Waals surface area contributed by atoms with Crippen molar-refractivity contribution in [2.24, 2.45) is 0 Å². The maximum atomic E-state index is 12.9. The van der Waals surface area contributed by atoms with Gasteiger partial charge in [0.25, 0.3) is 0 Å². The summed E-state index contributed by atoms with van der Waals surface area (Å²) >= 11 is 5.93. The summed E-state index contributed by atoms with van der Waals surface area (Å²) in [5.41, 5.74) is 1.75. The minimum atomic E-state index is -0.0686. The highest BCUT2D eigenvalue weighted by molar-refractivity contribution is 6.30. The first-order chi connectivity index (χ1) is 14.0. The first-order valence-corrected chi connectivity index (χ1v) is 10.3. The van der Waals surface area contributed by atoms with Gasteiger partial charge in [0.2, 0.25) is 0 Å². The highest BCUT2D eigenvalue weighted by atomic mass is 35.5. The zero-order valence-corrected chi connectivity index (χ0v) is 17.4. The number of benzene rings is 2. The molecule has 4 rings (SSSR count). The lowest BCUT2D eigenvalue weighted by Crippen LogP contribution is -3.16. The van der Waals surface area contributed by atoms with Crippen LogP contribution < -0.4 is 15.1 Å².